The minimum Gasteiger partial charge on any atom is -0.493 e. The number of carbonyl (C=O) groups is 1. The summed E-state index contributed by atoms with van der Waals surface area (Å²) in [5.74, 6) is -6.28. The number of nitrogens with two attached hydrogens (primary N) is 1. The van der Waals surface area contributed by atoms with E-state index in [1.54, 1.807) is 0 Å². The summed E-state index contributed by atoms with van der Waals surface area (Å²) in [5.41, 5.74) is 2.47. The van der Waals surface area contributed by atoms with Gasteiger partial charge in [-0.1, -0.05) is 13.0 Å². The SMILES string of the molecule is COc1c([C@H]2[C@H](c3[nH]c(C)cc(=O)c3CNC(=O)[C@H](C)N)O[C@@](C)(C(F)(F)F)[C@H]2C)ccc(F)c1F. The van der Waals surface area contributed by atoms with Crippen molar-refractivity contribution in [1.82, 2.24) is 10.3 Å². The van der Waals surface area contributed by atoms with E-state index >= 15 is 0 Å². The molecule has 0 spiro atoms. The largest absolute Gasteiger partial charge is 0.493 e. The van der Waals surface area contributed by atoms with Gasteiger partial charge < -0.3 is 25.5 Å². The Balaban J connectivity index is 2.26. The first kappa shape index (κ1) is 27.6. The molecule has 0 aliphatic carbocycles. The van der Waals surface area contributed by atoms with Crippen molar-refractivity contribution in [2.24, 2.45) is 11.7 Å². The second kappa shape index (κ2) is 9.81. The number of amides is 1. The molecule has 0 bridgehead atoms. The second-order valence-electron chi connectivity index (χ2n) is 9.16. The zero-order chi connectivity index (χ0) is 27.2. The number of hydrogen-bond donors (Lipinski definition) is 3. The number of alkyl halides is 3. The van der Waals surface area contributed by atoms with E-state index in [2.05, 4.69) is 10.3 Å². The Labute approximate surface area is 204 Å². The number of benzene rings is 1. The fourth-order valence-electron chi connectivity index (χ4n) is 4.56. The summed E-state index contributed by atoms with van der Waals surface area (Å²) in [6, 6.07) is 2.27. The van der Waals surface area contributed by atoms with Crippen LogP contribution in [0.2, 0.25) is 0 Å². The average molecular weight is 517 g/mol. The monoisotopic (exact) mass is 517 g/mol. The van der Waals surface area contributed by atoms with Gasteiger partial charge in [-0.2, -0.15) is 17.6 Å². The van der Waals surface area contributed by atoms with Gasteiger partial charge in [0.2, 0.25) is 11.7 Å². The summed E-state index contributed by atoms with van der Waals surface area (Å²) in [4.78, 5) is 27.8. The molecule has 5 atom stereocenters. The summed E-state index contributed by atoms with van der Waals surface area (Å²) < 4.78 is 82.0. The van der Waals surface area contributed by atoms with Crippen molar-refractivity contribution < 1.29 is 36.2 Å². The number of aromatic nitrogens is 1. The number of aromatic amines is 1. The highest BCUT2D eigenvalue weighted by Gasteiger charge is 2.65. The standard InChI is InChI=1S/C24H28F5N3O4/c1-10-8-16(33)14(9-31-22(34)12(3)30)19(32-10)21-17(11(2)23(4,36-21)24(27,28)29)13-6-7-15(25)18(26)20(13)35-5/h6-8,11-12,17,21H,9,30H2,1-5H3,(H,31,34)(H,32,33)/t11-,12-,17-,21+,23+/m0/s1. The van der Waals surface area contributed by atoms with Gasteiger partial charge in [-0.25, -0.2) is 4.39 Å². The molecule has 1 saturated heterocycles. The molecule has 1 aromatic carbocycles. The molecule has 198 valence electrons. The molecule has 1 aromatic heterocycles. The Morgan fingerprint density at radius 1 is 1.33 bits per heavy atom. The molecule has 3 rings (SSSR count). The van der Waals surface area contributed by atoms with Crippen LogP contribution in [0.25, 0.3) is 0 Å². The Bertz CT molecular complexity index is 1210. The number of rotatable bonds is 6. The first-order valence-electron chi connectivity index (χ1n) is 11.2. The predicted molar refractivity (Wildman–Crippen MR) is 120 cm³/mol. The Morgan fingerprint density at radius 2 is 1.97 bits per heavy atom. The van der Waals surface area contributed by atoms with Crippen LogP contribution in [0.3, 0.4) is 0 Å². The van der Waals surface area contributed by atoms with Crippen LogP contribution in [-0.2, 0) is 16.1 Å². The van der Waals surface area contributed by atoms with Gasteiger partial charge in [-0.3, -0.25) is 9.59 Å². The van der Waals surface area contributed by atoms with Crippen LogP contribution in [0.1, 0.15) is 55.3 Å². The van der Waals surface area contributed by atoms with Gasteiger partial charge in [0.1, 0.15) is 6.10 Å². The van der Waals surface area contributed by atoms with E-state index in [9.17, 15) is 31.5 Å². The van der Waals surface area contributed by atoms with Gasteiger partial charge in [0.15, 0.2) is 22.6 Å². The van der Waals surface area contributed by atoms with Crippen LogP contribution in [0.4, 0.5) is 22.0 Å². The van der Waals surface area contributed by atoms with E-state index in [1.807, 2.05) is 0 Å². The number of aryl methyl sites for hydroxylation is 1. The van der Waals surface area contributed by atoms with Crippen molar-refractivity contribution in [3.63, 3.8) is 0 Å². The molecule has 7 nitrogen and oxygen atoms in total. The van der Waals surface area contributed by atoms with Gasteiger partial charge in [-0.15, -0.1) is 0 Å². The lowest BCUT2D eigenvalue weighted by molar-refractivity contribution is -0.275. The molecule has 1 aliphatic heterocycles. The summed E-state index contributed by atoms with van der Waals surface area (Å²) in [6.45, 7) is 4.76. The third-order valence-electron chi connectivity index (χ3n) is 6.75. The highest BCUT2D eigenvalue weighted by molar-refractivity contribution is 5.80. The average Bonchev–Trinajstić information content (AvgIpc) is 3.05. The molecule has 1 fully saturated rings. The zero-order valence-corrected chi connectivity index (χ0v) is 20.3. The van der Waals surface area contributed by atoms with Gasteiger partial charge in [0.05, 0.1) is 18.8 Å². The maximum absolute atomic E-state index is 14.6. The molecule has 12 heteroatoms. The lowest BCUT2D eigenvalue weighted by Gasteiger charge is -2.32. The molecule has 36 heavy (non-hydrogen) atoms. The fraction of sp³-hybridized carbons (Fsp3) is 0.500. The van der Waals surface area contributed by atoms with Gasteiger partial charge in [-0.05, 0) is 26.8 Å². The van der Waals surface area contributed by atoms with Crippen molar-refractivity contribution in [3.05, 3.63) is 62.6 Å². The topological polar surface area (TPSA) is 106 Å². The lowest BCUT2D eigenvalue weighted by Crippen LogP contribution is -2.46. The maximum Gasteiger partial charge on any atom is 0.417 e. The highest BCUT2D eigenvalue weighted by atomic mass is 19.4. The molecular weight excluding hydrogens is 489 g/mol. The molecule has 2 aromatic rings. The van der Waals surface area contributed by atoms with Crippen LogP contribution in [-0.4, -0.2) is 35.8 Å². The Hall–Kier alpha value is -2.99. The van der Waals surface area contributed by atoms with Crippen LogP contribution in [0.15, 0.2) is 23.0 Å². The number of pyridine rings is 1. The molecular formula is C24H28F5N3O4. The van der Waals surface area contributed by atoms with E-state index in [0.29, 0.717) is 5.69 Å². The lowest BCUT2D eigenvalue weighted by atomic mass is 9.76. The highest BCUT2D eigenvalue weighted by Crippen LogP contribution is 2.59. The van der Waals surface area contributed by atoms with Crippen LogP contribution < -0.4 is 21.2 Å². The Morgan fingerprint density at radius 3 is 2.53 bits per heavy atom. The van der Waals surface area contributed by atoms with E-state index in [-0.39, 0.29) is 23.4 Å². The molecule has 2 heterocycles. The van der Waals surface area contributed by atoms with Gasteiger partial charge >= 0.3 is 6.18 Å². The van der Waals surface area contributed by atoms with Crippen molar-refractivity contribution in [1.29, 1.82) is 0 Å². The molecule has 0 radical (unpaired) electrons. The number of halogens is 5. The summed E-state index contributed by atoms with van der Waals surface area (Å²) in [5, 5.41) is 2.48. The van der Waals surface area contributed by atoms with Crippen LogP contribution in [0.5, 0.6) is 5.75 Å². The zero-order valence-electron chi connectivity index (χ0n) is 20.3. The molecule has 0 unspecified atom stereocenters. The number of nitrogens with one attached hydrogen (secondary N) is 2. The summed E-state index contributed by atoms with van der Waals surface area (Å²) in [6.07, 6.45) is -6.31. The smallest absolute Gasteiger partial charge is 0.417 e. The van der Waals surface area contributed by atoms with E-state index in [1.165, 1.54) is 26.8 Å². The van der Waals surface area contributed by atoms with Crippen molar-refractivity contribution >= 4 is 5.91 Å². The van der Waals surface area contributed by atoms with Crippen LogP contribution in [0, 0.1) is 24.5 Å². The first-order chi connectivity index (χ1) is 16.6. The summed E-state index contributed by atoms with van der Waals surface area (Å²) >= 11 is 0. The molecule has 0 saturated carbocycles. The number of methoxy groups -OCH3 is 1. The van der Waals surface area contributed by atoms with Gasteiger partial charge in [0, 0.05) is 41.3 Å². The Kier molecular flexibility index (Phi) is 7.52. The number of ether oxygens (including phenoxy) is 2. The number of hydrogen-bond acceptors (Lipinski definition) is 5. The predicted octanol–water partition coefficient (Wildman–Crippen LogP) is 3.75. The van der Waals surface area contributed by atoms with E-state index in [0.717, 1.165) is 26.2 Å². The maximum atomic E-state index is 14.6. The minimum atomic E-state index is -4.85. The third-order valence-corrected chi connectivity index (χ3v) is 6.75. The van der Waals surface area contributed by atoms with Gasteiger partial charge in [0.25, 0.3) is 0 Å². The third kappa shape index (κ3) is 4.71. The summed E-state index contributed by atoms with van der Waals surface area (Å²) in [7, 11) is 1.07. The van der Waals surface area contributed by atoms with Crippen LogP contribution >= 0.6 is 0 Å². The van der Waals surface area contributed by atoms with Crippen molar-refractivity contribution in [2.75, 3.05) is 7.11 Å². The second-order valence-corrected chi connectivity index (χ2v) is 9.16. The first-order valence-corrected chi connectivity index (χ1v) is 11.2. The number of carbonyl (C=O) groups excluding carboxylic acids is 1. The fourth-order valence-corrected chi connectivity index (χ4v) is 4.56. The normalized spacial score (nSPS) is 25.0. The van der Waals surface area contributed by atoms with Crippen molar-refractivity contribution in [3.8, 4) is 5.75 Å². The molecule has 1 amide bonds. The van der Waals surface area contributed by atoms with Crippen molar-refractivity contribution in [2.45, 2.75) is 64.1 Å². The molecule has 4 N–H and O–H groups in total. The number of H-pyrrole nitrogens is 1. The minimum absolute atomic E-state index is 0.0263. The van der Waals surface area contributed by atoms with E-state index < -0.39 is 64.5 Å². The van der Waals surface area contributed by atoms with E-state index in [4.69, 9.17) is 15.2 Å². The quantitative estimate of drug-likeness (QED) is 0.507. The molecule has 1 aliphatic rings.